The molecule has 0 atom stereocenters. The smallest absolute Gasteiger partial charge is 0.0926 e. The Hall–Kier alpha value is -0.340. The Labute approximate surface area is 51.2 Å². The highest BCUT2D eigenvalue weighted by molar-refractivity contribution is 4.43. The molecule has 48 valence electrons. The minimum atomic E-state index is 1.11. The summed E-state index contributed by atoms with van der Waals surface area (Å²) in [6.45, 7) is 5.81. The molecular formula is C6H15N2+. The summed E-state index contributed by atoms with van der Waals surface area (Å²) in [4.78, 5) is 2.15. The Morgan fingerprint density at radius 2 is 2.25 bits per heavy atom. The van der Waals surface area contributed by atoms with Gasteiger partial charge in [-0.3, -0.25) is 0 Å². The topological polar surface area (TPSA) is 19.9 Å². The van der Waals surface area contributed by atoms with E-state index in [-0.39, 0.29) is 0 Å². The fourth-order valence-corrected chi connectivity index (χ4v) is 0.451. The van der Waals surface area contributed by atoms with Crippen LogP contribution in [0.3, 0.4) is 0 Å². The van der Waals surface area contributed by atoms with Gasteiger partial charge in [-0.25, -0.2) is 0 Å². The molecule has 0 saturated carbocycles. The maximum atomic E-state index is 3.58. The molecule has 0 fully saturated rings. The van der Waals surface area contributed by atoms with E-state index in [9.17, 15) is 0 Å². The maximum Gasteiger partial charge on any atom is 0.0926 e. The van der Waals surface area contributed by atoms with E-state index in [1.807, 2.05) is 6.20 Å². The quantitative estimate of drug-likeness (QED) is 0.478. The van der Waals surface area contributed by atoms with Crippen molar-refractivity contribution in [3.63, 3.8) is 0 Å². The molecule has 0 rings (SSSR count). The van der Waals surface area contributed by atoms with E-state index in [0.717, 1.165) is 13.1 Å². The lowest BCUT2D eigenvalue weighted by molar-refractivity contribution is -0.586. The molecule has 0 amide bonds. The molecule has 0 radical (unpaired) electrons. The number of rotatable bonds is 4. The zero-order chi connectivity index (χ0) is 6.41. The average Bonchev–Trinajstić information content (AvgIpc) is 1.66. The number of hydrogen-bond acceptors (Lipinski definition) is 1. The van der Waals surface area contributed by atoms with Crippen LogP contribution in [-0.4, -0.2) is 32.1 Å². The third kappa shape index (κ3) is 5.66. The average molecular weight is 115 g/mol. The van der Waals surface area contributed by atoms with Crippen molar-refractivity contribution in [2.75, 3.05) is 27.2 Å². The number of hydrogen-bond donors (Lipinski definition) is 1. The molecular weight excluding hydrogens is 100 g/mol. The SMILES string of the molecule is C=C[NH2+]CCN(C)C. The van der Waals surface area contributed by atoms with Gasteiger partial charge in [0.25, 0.3) is 0 Å². The Morgan fingerprint density at radius 3 is 2.62 bits per heavy atom. The highest BCUT2D eigenvalue weighted by Crippen LogP contribution is 1.64. The molecule has 0 unspecified atom stereocenters. The van der Waals surface area contributed by atoms with Gasteiger partial charge in [0.1, 0.15) is 0 Å². The van der Waals surface area contributed by atoms with Gasteiger partial charge in [-0.05, 0) is 20.7 Å². The molecule has 0 aliphatic heterocycles. The van der Waals surface area contributed by atoms with Gasteiger partial charge in [0.15, 0.2) is 0 Å². The number of nitrogens with two attached hydrogens (primary N) is 1. The first-order valence-electron chi connectivity index (χ1n) is 2.86. The predicted octanol–water partition coefficient (Wildman–Crippen LogP) is -0.745. The second kappa shape index (κ2) is 4.81. The molecule has 0 aromatic carbocycles. The molecule has 2 nitrogen and oxygen atoms in total. The highest BCUT2D eigenvalue weighted by Gasteiger charge is 1.86. The Kier molecular flexibility index (Phi) is 4.61. The molecule has 0 spiro atoms. The van der Waals surface area contributed by atoms with Gasteiger partial charge in [0.05, 0.1) is 12.7 Å². The van der Waals surface area contributed by atoms with Crippen LogP contribution in [0, 0.1) is 0 Å². The van der Waals surface area contributed by atoms with Crippen LogP contribution in [0.5, 0.6) is 0 Å². The first-order valence-corrected chi connectivity index (χ1v) is 2.86. The summed E-state index contributed by atoms with van der Waals surface area (Å²) in [5.41, 5.74) is 0. The second-order valence-electron chi connectivity index (χ2n) is 2.06. The summed E-state index contributed by atoms with van der Waals surface area (Å²) >= 11 is 0. The van der Waals surface area contributed by atoms with Gasteiger partial charge in [0, 0.05) is 6.54 Å². The largest absolute Gasteiger partial charge is 0.319 e. The van der Waals surface area contributed by atoms with Crippen molar-refractivity contribution in [1.29, 1.82) is 0 Å². The van der Waals surface area contributed by atoms with Gasteiger partial charge < -0.3 is 10.2 Å². The van der Waals surface area contributed by atoms with Crippen molar-refractivity contribution >= 4 is 0 Å². The highest BCUT2D eigenvalue weighted by atomic mass is 15.1. The zero-order valence-electron chi connectivity index (χ0n) is 5.72. The van der Waals surface area contributed by atoms with Crippen molar-refractivity contribution in [2.24, 2.45) is 0 Å². The summed E-state index contributed by atoms with van der Waals surface area (Å²) in [6.07, 6.45) is 1.84. The molecule has 0 saturated heterocycles. The Balaban J connectivity index is 2.81. The number of likely N-dealkylation sites (N-methyl/N-ethyl adjacent to an activating group) is 1. The molecule has 0 aromatic rings. The van der Waals surface area contributed by atoms with Crippen molar-refractivity contribution in [3.05, 3.63) is 12.8 Å². The molecule has 8 heavy (non-hydrogen) atoms. The first-order chi connectivity index (χ1) is 3.77. The summed E-state index contributed by atoms with van der Waals surface area (Å²) in [6, 6.07) is 0. The second-order valence-corrected chi connectivity index (χ2v) is 2.06. The summed E-state index contributed by atoms with van der Waals surface area (Å²) in [5, 5.41) is 2.07. The monoisotopic (exact) mass is 115 g/mol. The lowest BCUT2D eigenvalue weighted by atomic mass is 10.6. The van der Waals surface area contributed by atoms with E-state index in [0.29, 0.717) is 0 Å². The fraction of sp³-hybridized carbons (Fsp3) is 0.667. The molecule has 0 aliphatic carbocycles. The van der Waals surface area contributed by atoms with Gasteiger partial charge in [-0.1, -0.05) is 0 Å². The van der Waals surface area contributed by atoms with Gasteiger partial charge in [0.2, 0.25) is 0 Å². The Morgan fingerprint density at radius 1 is 1.62 bits per heavy atom. The van der Waals surface area contributed by atoms with Gasteiger partial charge in [-0.15, -0.1) is 0 Å². The molecule has 2 N–H and O–H groups in total. The molecule has 0 heterocycles. The normalized spacial score (nSPS) is 9.88. The van der Waals surface area contributed by atoms with E-state index in [1.54, 1.807) is 0 Å². The number of quaternary nitrogens is 1. The van der Waals surface area contributed by atoms with Crippen LogP contribution in [-0.2, 0) is 0 Å². The van der Waals surface area contributed by atoms with Crippen molar-refractivity contribution in [3.8, 4) is 0 Å². The molecule has 0 bridgehead atoms. The third-order valence-electron chi connectivity index (χ3n) is 0.910. The van der Waals surface area contributed by atoms with Crippen LogP contribution >= 0.6 is 0 Å². The molecule has 2 heteroatoms. The lowest BCUT2D eigenvalue weighted by Gasteiger charge is -2.04. The predicted molar refractivity (Wildman–Crippen MR) is 35.5 cm³/mol. The van der Waals surface area contributed by atoms with Crippen molar-refractivity contribution < 1.29 is 5.32 Å². The Bertz CT molecular complexity index is 59.5. The van der Waals surface area contributed by atoms with Crippen molar-refractivity contribution in [1.82, 2.24) is 4.90 Å². The maximum absolute atomic E-state index is 3.58. The zero-order valence-corrected chi connectivity index (χ0v) is 5.72. The summed E-state index contributed by atoms with van der Waals surface area (Å²) < 4.78 is 0. The molecule has 0 aromatic heterocycles. The summed E-state index contributed by atoms with van der Waals surface area (Å²) in [5.74, 6) is 0. The standard InChI is InChI=1S/C6H14N2/c1-4-7-5-6-8(2)3/h4,7H,1,5-6H2,2-3H3/p+1. The number of nitrogens with zero attached hydrogens (tertiary/aromatic N) is 1. The van der Waals surface area contributed by atoms with E-state index < -0.39 is 0 Å². The lowest BCUT2D eigenvalue weighted by Crippen LogP contribution is -2.79. The van der Waals surface area contributed by atoms with Gasteiger partial charge >= 0.3 is 0 Å². The van der Waals surface area contributed by atoms with E-state index >= 15 is 0 Å². The van der Waals surface area contributed by atoms with Crippen LogP contribution in [0.2, 0.25) is 0 Å². The van der Waals surface area contributed by atoms with E-state index in [2.05, 4.69) is 30.9 Å². The van der Waals surface area contributed by atoms with Crippen LogP contribution in [0.1, 0.15) is 0 Å². The first kappa shape index (κ1) is 7.66. The van der Waals surface area contributed by atoms with Crippen LogP contribution < -0.4 is 5.32 Å². The third-order valence-corrected chi connectivity index (χ3v) is 0.910. The van der Waals surface area contributed by atoms with E-state index in [4.69, 9.17) is 0 Å². The molecule has 0 aliphatic rings. The van der Waals surface area contributed by atoms with Crippen molar-refractivity contribution in [2.45, 2.75) is 0 Å². The van der Waals surface area contributed by atoms with Crippen LogP contribution in [0.15, 0.2) is 12.8 Å². The fourth-order valence-electron chi connectivity index (χ4n) is 0.451. The summed E-state index contributed by atoms with van der Waals surface area (Å²) in [7, 11) is 4.13. The minimum absolute atomic E-state index is 1.11. The van der Waals surface area contributed by atoms with E-state index in [1.165, 1.54) is 0 Å². The van der Waals surface area contributed by atoms with Crippen LogP contribution in [0.25, 0.3) is 0 Å². The van der Waals surface area contributed by atoms with Crippen LogP contribution in [0.4, 0.5) is 0 Å². The minimum Gasteiger partial charge on any atom is -0.319 e. The van der Waals surface area contributed by atoms with Gasteiger partial charge in [-0.2, -0.15) is 0 Å².